The second-order valence-corrected chi connectivity index (χ2v) is 11.1. The molecule has 1 nitrogen and oxygen atoms in total. The Balaban J connectivity index is 1.35. The van der Waals surface area contributed by atoms with Gasteiger partial charge in [0.05, 0.1) is 5.41 Å². The zero-order valence-corrected chi connectivity index (χ0v) is 23.2. The maximum Gasteiger partial charge on any atom is 0.0714 e. The molecule has 0 aromatic heterocycles. The fourth-order valence-electron chi connectivity index (χ4n) is 6.79. The van der Waals surface area contributed by atoms with E-state index in [1.165, 1.54) is 55.3 Å². The van der Waals surface area contributed by atoms with Crippen LogP contribution in [0, 0.1) is 0 Å². The first-order valence-corrected chi connectivity index (χ1v) is 14.5. The van der Waals surface area contributed by atoms with Crippen molar-refractivity contribution in [2.45, 2.75) is 5.41 Å². The number of rotatable bonds is 5. The molecule has 42 heavy (non-hydrogen) atoms. The van der Waals surface area contributed by atoms with Crippen LogP contribution in [0.4, 0.5) is 11.4 Å². The monoisotopic (exact) mass is 535 g/mol. The van der Waals surface area contributed by atoms with Crippen LogP contribution < -0.4 is 5.32 Å². The number of para-hydroxylation sites is 1. The van der Waals surface area contributed by atoms with Gasteiger partial charge in [-0.2, -0.15) is 0 Å². The van der Waals surface area contributed by atoms with Crippen molar-refractivity contribution >= 4 is 22.1 Å². The summed E-state index contributed by atoms with van der Waals surface area (Å²) in [6.45, 7) is 0. The lowest BCUT2D eigenvalue weighted by Crippen LogP contribution is -2.28. The van der Waals surface area contributed by atoms with Crippen LogP contribution in [0.2, 0.25) is 0 Å². The molecular weight excluding hydrogens is 506 g/mol. The molecule has 0 spiro atoms. The van der Waals surface area contributed by atoms with Crippen molar-refractivity contribution in [2.24, 2.45) is 0 Å². The molecule has 0 saturated carbocycles. The molecule has 1 aliphatic rings. The van der Waals surface area contributed by atoms with Gasteiger partial charge in [-0.1, -0.05) is 127 Å². The molecule has 0 unspecified atom stereocenters. The van der Waals surface area contributed by atoms with Crippen LogP contribution >= 0.6 is 0 Å². The van der Waals surface area contributed by atoms with E-state index in [1.807, 2.05) is 18.2 Å². The van der Waals surface area contributed by atoms with E-state index in [4.69, 9.17) is 0 Å². The van der Waals surface area contributed by atoms with E-state index in [0.29, 0.717) is 0 Å². The Bertz CT molecular complexity index is 1990. The minimum Gasteiger partial charge on any atom is -0.356 e. The van der Waals surface area contributed by atoms with Gasteiger partial charge >= 0.3 is 0 Å². The molecule has 1 heteroatoms. The molecule has 0 atom stereocenters. The fraction of sp³-hybridized carbons (Fsp3) is 0.0244. The topological polar surface area (TPSA) is 12.0 Å². The molecule has 8 rings (SSSR count). The van der Waals surface area contributed by atoms with E-state index in [-0.39, 0.29) is 0 Å². The fourth-order valence-corrected chi connectivity index (χ4v) is 6.79. The van der Waals surface area contributed by atoms with E-state index in [9.17, 15) is 0 Å². The van der Waals surface area contributed by atoms with Crippen LogP contribution in [0.5, 0.6) is 0 Å². The van der Waals surface area contributed by atoms with Crippen LogP contribution in [0.1, 0.15) is 22.3 Å². The second-order valence-electron chi connectivity index (χ2n) is 11.1. The molecule has 0 saturated heterocycles. The summed E-state index contributed by atoms with van der Waals surface area (Å²) >= 11 is 0. The summed E-state index contributed by atoms with van der Waals surface area (Å²) in [7, 11) is 0. The third-order valence-electron chi connectivity index (χ3n) is 8.70. The summed E-state index contributed by atoms with van der Waals surface area (Å²) in [5.41, 5.74) is 12.0. The quantitative estimate of drug-likeness (QED) is 0.231. The smallest absolute Gasteiger partial charge is 0.0714 e. The van der Waals surface area contributed by atoms with Gasteiger partial charge < -0.3 is 5.32 Å². The molecule has 0 radical (unpaired) electrons. The maximum absolute atomic E-state index is 3.51. The Morgan fingerprint density at radius 2 is 0.857 bits per heavy atom. The minimum atomic E-state index is -0.429. The van der Waals surface area contributed by atoms with Crippen LogP contribution in [-0.2, 0) is 5.41 Å². The van der Waals surface area contributed by atoms with Gasteiger partial charge in [0.15, 0.2) is 0 Å². The zero-order chi connectivity index (χ0) is 27.9. The highest BCUT2D eigenvalue weighted by atomic mass is 14.9. The van der Waals surface area contributed by atoms with E-state index in [2.05, 4.69) is 157 Å². The average Bonchev–Trinajstić information content (AvgIpc) is 3.34. The number of fused-ring (bicyclic) bond motifs is 4. The van der Waals surface area contributed by atoms with E-state index in [1.54, 1.807) is 0 Å². The van der Waals surface area contributed by atoms with Crippen molar-refractivity contribution in [1.82, 2.24) is 0 Å². The summed E-state index contributed by atoms with van der Waals surface area (Å²) in [6.07, 6.45) is 0. The van der Waals surface area contributed by atoms with Gasteiger partial charge in [-0.05, 0) is 97.7 Å². The van der Waals surface area contributed by atoms with Gasteiger partial charge in [-0.25, -0.2) is 0 Å². The van der Waals surface area contributed by atoms with Gasteiger partial charge in [-0.15, -0.1) is 0 Å². The van der Waals surface area contributed by atoms with Gasteiger partial charge in [-0.3, -0.25) is 0 Å². The molecule has 1 aliphatic carbocycles. The molecule has 198 valence electrons. The van der Waals surface area contributed by atoms with Crippen LogP contribution in [-0.4, -0.2) is 0 Å². The van der Waals surface area contributed by atoms with Gasteiger partial charge in [0, 0.05) is 11.4 Å². The first-order chi connectivity index (χ1) is 20.8. The van der Waals surface area contributed by atoms with E-state index >= 15 is 0 Å². The zero-order valence-electron chi connectivity index (χ0n) is 23.2. The van der Waals surface area contributed by atoms with Crippen LogP contribution in [0.25, 0.3) is 33.0 Å². The number of benzene rings is 7. The third kappa shape index (κ3) is 3.86. The Hall–Kier alpha value is -5.40. The van der Waals surface area contributed by atoms with Crippen molar-refractivity contribution < 1.29 is 0 Å². The Labute approximate surface area is 246 Å². The molecule has 0 aliphatic heterocycles. The predicted molar refractivity (Wildman–Crippen MR) is 176 cm³/mol. The molecular formula is C41H29N. The minimum absolute atomic E-state index is 0.429. The van der Waals surface area contributed by atoms with Crippen LogP contribution in [0.3, 0.4) is 0 Å². The Morgan fingerprint density at radius 3 is 1.50 bits per heavy atom. The van der Waals surface area contributed by atoms with E-state index in [0.717, 1.165) is 11.4 Å². The molecule has 0 fully saturated rings. The van der Waals surface area contributed by atoms with Crippen molar-refractivity contribution in [3.8, 4) is 22.3 Å². The summed E-state index contributed by atoms with van der Waals surface area (Å²) in [5, 5.41) is 6.04. The lowest BCUT2D eigenvalue weighted by atomic mass is 9.67. The molecule has 0 bridgehead atoms. The Morgan fingerprint density at radius 1 is 0.357 bits per heavy atom. The standard InChI is InChI=1S/C41H29N/c1-4-14-33(15-5-1)41(34-16-6-2-7-17-34)39-28-32(29-20-23-36(24-21-29)42-35-18-8-3-9-19-35)22-25-37(39)38-26-30-12-10-11-13-31(30)27-40(38)41/h1-28,42H. The van der Waals surface area contributed by atoms with Gasteiger partial charge in [0.1, 0.15) is 0 Å². The van der Waals surface area contributed by atoms with Gasteiger partial charge in [0.2, 0.25) is 0 Å². The van der Waals surface area contributed by atoms with Crippen LogP contribution in [0.15, 0.2) is 170 Å². The number of anilines is 2. The van der Waals surface area contributed by atoms with E-state index < -0.39 is 5.41 Å². The number of hydrogen-bond acceptors (Lipinski definition) is 1. The number of hydrogen-bond donors (Lipinski definition) is 1. The molecule has 1 N–H and O–H groups in total. The highest BCUT2D eigenvalue weighted by Gasteiger charge is 2.46. The summed E-state index contributed by atoms with van der Waals surface area (Å²) < 4.78 is 0. The highest BCUT2D eigenvalue weighted by molar-refractivity contribution is 5.96. The predicted octanol–water partition coefficient (Wildman–Crippen LogP) is 10.6. The third-order valence-corrected chi connectivity index (χ3v) is 8.70. The molecule has 0 amide bonds. The summed E-state index contributed by atoms with van der Waals surface area (Å²) in [6, 6.07) is 61.7. The normalized spacial score (nSPS) is 13.0. The van der Waals surface area contributed by atoms with Crippen molar-refractivity contribution in [1.29, 1.82) is 0 Å². The molecule has 0 heterocycles. The average molecular weight is 536 g/mol. The summed E-state index contributed by atoms with van der Waals surface area (Å²) in [5.74, 6) is 0. The number of nitrogens with one attached hydrogen (secondary N) is 1. The first-order valence-electron chi connectivity index (χ1n) is 14.5. The van der Waals surface area contributed by atoms with Crippen molar-refractivity contribution in [2.75, 3.05) is 5.32 Å². The second kappa shape index (κ2) is 9.90. The molecule has 7 aromatic carbocycles. The Kier molecular flexibility index (Phi) is 5.75. The van der Waals surface area contributed by atoms with Crippen molar-refractivity contribution in [3.63, 3.8) is 0 Å². The highest BCUT2D eigenvalue weighted by Crippen LogP contribution is 2.57. The van der Waals surface area contributed by atoms with Gasteiger partial charge in [0.25, 0.3) is 0 Å². The lowest BCUT2D eigenvalue weighted by Gasteiger charge is -2.34. The SMILES string of the molecule is c1ccc(Nc2ccc(-c3ccc4c(c3)C(c3ccccc3)(c3ccccc3)c3cc5ccccc5cc3-4)cc2)cc1. The summed E-state index contributed by atoms with van der Waals surface area (Å²) in [4.78, 5) is 0. The largest absolute Gasteiger partial charge is 0.356 e. The first kappa shape index (κ1) is 24.4. The lowest BCUT2D eigenvalue weighted by molar-refractivity contribution is 0.770. The van der Waals surface area contributed by atoms with Crippen molar-refractivity contribution in [3.05, 3.63) is 192 Å². The molecule has 7 aromatic rings. The maximum atomic E-state index is 3.51.